The molecule has 3 rings (SSSR count). The second kappa shape index (κ2) is 5.70. The molecule has 0 bridgehead atoms. The van der Waals surface area contributed by atoms with Gasteiger partial charge in [-0.3, -0.25) is 4.57 Å². The summed E-state index contributed by atoms with van der Waals surface area (Å²) in [6.07, 6.45) is 4.70. The lowest BCUT2D eigenvalue weighted by Gasteiger charge is -2.09. The molecule has 0 aliphatic carbocycles. The summed E-state index contributed by atoms with van der Waals surface area (Å²) < 4.78 is 26.0. The van der Waals surface area contributed by atoms with Gasteiger partial charge >= 0.3 is 0 Å². The molecule has 0 atom stereocenters. The maximum Gasteiger partial charge on any atom is 0.175 e. The van der Waals surface area contributed by atoms with E-state index < -0.39 is 9.84 Å². The Labute approximate surface area is 137 Å². The van der Waals surface area contributed by atoms with Crippen LogP contribution in [0.3, 0.4) is 0 Å². The molecule has 0 saturated carbocycles. The molecule has 1 heterocycles. The van der Waals surface area contributed by atoms with Gasteiger partial charge in [0.1, 0.15) is 0 Å². The smallest absolute Gasteiger partial charge is 0.175 e. The molecule has 22 heavy (non-hydrogen) atoms. The third kappa shape index (κ3) is 2.98. The van der Waals surface area contributed by atoms with E-state index in [-0.39, 0.29) is 0 Å². The van der Waals surface area contributed by atoms with Crippen LogP contribution in [0.1, 0.15) is 0 Å². The summed E-state index contributed by atoms with van der Waals surface area (Å²) in [5.41, 5.74) is 2.80. The fourth-order valence-corrected chi connectivity index (χ4v) is 3.08. The summed E-state index contributed by atoms with van der Waals surface area (Å²) >= 11 is 3.42. The van der Waals surface area contributed by atoms with Gasteiger partial charge < -0.3 is 0 Å². The van der Waals surface area contributed by atoms with Crippen molar-refractivity contribution in [1.82, 2.24) is 9.55 Å². The standard InChI is InChI=1S/C16H13BrN2O2S/c1-22(20,21)15-8-2-12(3-9-15)16-10-18-11-19(16)14-6-4-13(17)5-7-14/h2-11H,1H3. The Morgan fingerprint density at radius 3 is 2.23 bits per heavy atom. The summed E-state index contributed by atoms with van der Waals surface area (Å²) in [7, 11) is -3.18. The minimum atomic E-state index is -3.18. The molecule has 0 saturated heterocycles. The van der Waals surface area contributed by atoms with E-state index in [0.717, 1.165) is 21.4 Å². The third-order valence-corrected chi connectivity index (χ3v) is 4.98. The molecule has 0 aliphatic heterocycles. The number of sulfone groups is 1. The lowest BCUT2D eigenvalue weighted by Crippen LogP contribution is -1.98. The zero-order valence-electron chi connectivity index (χ0n) is 11.8. The van der Waals surface area contributed by atoms with Crippen LogP contribution in [-0.2, 0) is 9.84 Å². The van der Waals surface area contributed by atoms with Crippen LogP contribution in [-0.4, -0.2) is 24.2 Å². The SMILES string of the molecule is CS(=O)(=O)c1ccc(-c2cncn2-c2ccc(Br)cc2)cc1. The number of benzene rings is 2. The summed E-state index contributed by atoms with van der Waals surface area (Å²) in [5.74, 6) is 0. The predicted molar refractivity (Wildman–Crippen MR) is 89.8 cm³/mol. The molecule has 0 amide bonds. The number of aromatic nitrogens is 2. The quantitative estimate of drug-likeness (QED) is 0.699. The van der Waals surface area contributed by atoms with Crippen molar-refractivity contribution in [1.29, 1.82) is 0 Å². The number of hydrogen-bond acceptors (Lipinski definition) is 3. The second-order valence-corrected chi connectivity index (χ2v) is 7.85. The molecule has 0 spiro atoms. The molecular formula is C16H13BrN2O2S. The van der Waals surface area contributed by atoms with Crippen LogP contribution < -0.4 is 0 Å². The van der Waals surface area contributed by atoms with E-state index in [4.69, 9.17) is 0 Å². The molecular weight excluding hydrogens is 364 g/mol. The molecule has 3 aromatic rings. The highest BCUT2D eigenvalue weighted by molar-refractivity contribution is 9.10. The van der Waals surface area contributed by atoms with E-state index >= 15 is 0 Å². The minimum absolute atomic E-state index is 0.311. The highest BCUT2D eigenvalue weighted by atomic mass is 79.9. The van der Waals surface area contributed by atoms with Crippen LogP contribution in [0.5, 0.6) is 0 Å². The highest BCUT2D eigenvalue weighted by Crippen LogP contribution is 2.24. The monoisotopic (exact) mass is 376 g/mol. The van der Waals surface area contributed by atoms with Crippen LogP contribution in [0, 0.1) is 0 Å². The molecule has 0 N–H and O–H groups in total. The average molecular weight is 377 g/mol. The number of nitrogens with zero attached hydrogens (tertiary/aromatic N) is 2. The first-order valence-electron chi connectivity index (χ1n) is 6.54. The first-order valence-corrected chi connectivity index (χ1v) is 9.22. The lowest BCUT2D eigenvalue weighted by molar-refractivity contribution is 0.602. The summed E-state index contributed by atoms with van der Waals surface area (Å²) in [4.78, 5) is 4.51. The summed E-state index contributed by atoms with van der Waals surface area (Å²) in [5, 5.41) is 0. The fraction of sp³-hybridized carbons (Fsp3) is 0.0625. The van der Waals surface area contributed by atoms with Gasteiger partial charge in [-0.25, -0.2) is 13.4 Å². The van der Waals surface area contributed by atoms with Gasteiger partial charge in [0.05, 0.1) is 23.1 Å². The van der Waals surface area contributed by atoms with Crippen molar-refractivity contribution in [3.8, 4) is 16.9 Å². The molecule has 2 aromatic carbocycles. The van der Waals surface area contributed by atoms with E-state index in [2.05, 4.69) is 20.9 Å². The van der Waals surface area contributed by atoms with Gasteiger partial charge in [0, 0.05) is 22.0 Å². The van der Waals surface area contributed by atoms with Crippen LogP contribution in [0.2, 0.25) is 0 Å². The van der Waals surface area contributed by atoms with E-state index in [1.807, 2.05) is 28.8 Å². The molecule has 0 radical (unpaired) electrons. The zero-order valence-corrected chi connectivity index (χ0v) is 14.2. The first-order chi connectivity index (χ1) is 10.4. The number of halogens is 1. The fourth-order valence-electron chi connectivity index (χ4n) is 2.19. The minimum Gasteiger partial charge on any atom is -0.299 e. The Kier molecular flexibility index (Phi) is 3.88. The first kappa shape index (κ1) is 15.0. The average Bonchev–Trinajstić information content (AvgIpc) is 2.97. The Morgan fingerprint density at radius 2 is 1.64 bits per heavy atom. The van der Waals surface area contributed by atoms with Crippen molar-refractivity contribution in [2.75, 3.05) is 6.26 Å². The molecule has 0 unspecified atom stereocenters. The number of rotatable bonds is 3. The van der Waals surface area contributed by atoms with Gasteiger partial charge in [-0.15, -0.1) is 0 Å². The van der Waals surface area contributed by atoms with Gasteiger partial charge in [0.15, 0.2) is 9.84 Å². The van der Waals surface area contributed by atoms with Gasteiger partial charge in [0.25, 0.3) is 0 Å². The van der Waals surface area contributed by atoms with E-state index in [1.165, 1.54) is 6.26 Å². The third-order valence-electron chi connectivity index (χ3n) is 3.32. The maximum atomic E-state index is 11.5. The second-order valence-electron chi connectivity index (χ2n) is 4.92. The molecule has 0 fully saturated rings. The Bertz CT molecular complexity index is 898. The Balaban J connectivity index is 2.03. The van der Waals surface area contributed by atoms with E-state index in [0.29, 0.717) is 4.90 Å². The van der Waals surface area contributed by atoms with Gasteiger partial charge in [-0.2, -0.15) is 0 Å². The summed E-state index contributed by atoms with van der Waals surface area (Å²) in [6.45, 7) is 0. The normalized spacial score (nSPS) is 11.5. The molecule has 112 valence electrons. The molecule has 4 nitrogen and oxygen atoms in total. The van der Waals surface area contributed by atoms with Crippen LogP contribution in [0.25, 0.3) is 16.9 Å². The van der Waals surface area contributed by atoms with Crippen LogP contribution >= 0.6 is 15.9 Å². The van der Waals surface area contributed by atoms with Crippen molar-refractivity contribution < 1.29 is 8.42 Å². The van der Waals surface area contributed by atoms with Crippen molar-refractivity contribution in [2.45, 2.75) is 4.90 Å². The Hall–Kier alpha value is -1.92. The Morgan fingerprint density at radius 1 is 1.00 bits per heavy atom. The largest absolute Gasteiger partial charge is 0.299 e. The highest BCUT2D eigenvalue weighted by Gasteiger charge is 2.10. The molecule has 0 aliphatic rings. The van der Waals surface area contributed by atoms with Crippen molar-refractivity contribution in [3.05, 3.63) is 65.5 Å². The maximum absolute atomic E-state index is 11.5. The van der Waals surface area contributed by atoms with Crippen LogP contribution in [0.15, 0.2) is 70.4 Å². The van der Waals surface area contributed by atoms with Crippen LogP contribution in [0.4, 0.5) is 0 Å². The number of imidazole rings is 1. The van der Waals surface area contributed by atoms with Gasteiger partial charge in [0.2, 0.25) is 0 Å². The lowest BCUT2D eigenvalue weighted by atomic mass is 10.1. The topological polar surface area (TPSA) is 52.0 Å². The van der Waals surface area contributed by atoms with Gasteiger partial charge in [-0.1, -0.05) is 28.1 Å². The van der Waals surface area contributed by atoms with Crippen molar-refractivity contribution in [2.24, 2.45) is 0 Å². The van der Waals surface area contributed by atoms with E-state index in [9.17, 15) is 8.42 Å². The molecule has 6 heteroatoms. The zero-order chi connectivity index (χ0) is 15.7. The van der Waals surface area contributed by atoms with E-state index in [1.54, 1.807) is 36.8 Å². The summed E-state index contributed by atoms with van der Waals surface area (Å²) in [6, 6.07) is 14.7. The van der Waals surface area contributed by atoms with Crippen molar-refractivity contribution >= 4 is 25.8 Å². The molecule has 1 aromatic heterocycles. The predicted octanol–water partition coefficient (Wildman–Crippen LogP) is 3.71. The number of hydrogen-bond donors (Lipinski definition) is 0. The van der Waals surface area contributed by atoms with Crippen molar-refractivity contribution in [3.63, 3.8) is 0 Å². The van der Waals surface area contributed by atoms with Gasteiger partial charge in [-0.05, 0) is 36.4 Å².